The molecule has 0 saturated heterocycles. The van der Waals surface area contributed by atoms with Crippen LogP contribution < -0.4 is 5.32 Å². The maximum absolute atomic E-state index is 4.52. The van der Waals surface area contributed by atoms with E-state index in [1.165, 1.54) is 7.11 Å². The normalized spacial score (nSPS) is 5.25. The van der Waals surface area contributed by atoms with Crippen molar-refractivity contribution in [3.05, 3.63) is 0 Å². The maximum atomic E-state index is 4.52. The van der Waals surface area contributed by atoms with Gasteiger partial charge in [-0.15, -0.1) is 0 Å². The predicted molar refractivity (Wildman–Crippen MR) is 43.0 cm³/mol. The molecule has 0 bridgehead atoms. The summed E-state index contributed by atoms with van der Waals surface area (Å²) in [6.45, 7) is 0. The van der Waals surface area contributed by atoms with Gasteiger partial charge in [0.05, 0.1) is 7.11 Å². The molecule has 0 atom stereocenters. The molecule has 0 spiro atoms. The molecule has 0 unspecified atom stereocenters. The molecular weight excluding hydrogens is 144 g/mol. The molecule has 0 aliphatic carbocycles. The van der Waals surface area contributed by atoms with Crippen molar-refractivity contribution in [1.82, 2.24) is 5.32 Å². The Hall–Kier alpha value is 1.69. The number of methoxy groups -OCH3 is 1. The molecule has 0 aromatic rings. The summed E-state index contributed by atoms with van der Waals surface area (Å²) in [5.41, 5.74) is 0. The third kappa shape index (κ3) is 10.6. The van der Waals surface area contributed by atoms with Crippen LogP contribution in [0.2, 0.25) is 0 Å². The van der Waals surface area contributed by atoms with Crippen LogP contribution in [0.4, 0.5) is 0 Å². The van der Waals surface area contributed by atoms with Crippen LogP contribution in [0.5, 0.6) is 0 Å². The Morgan fingerprint density at radius 2 is 1.88 bits per heavy atom. The molecule has 1 N–H and O–H groups in total. The van der Waals surface area contributed by atoms with Crippen LogP contribution in [0.3, 0.4) is 0 Å². The van der Waals surface area contributed by atoms with Gasteiger partial charge in [0.15, 0.2) is 0 Å². The Kier molecular flexibility index (Phi) is 23.5. The standard InChI is InChI=1S/C3H7NOS.2Na.2H/c1-4-3(6)5-2;;;;/h1-2H3,(H,4,6);;;;. The monoisotopic (exact) mass is 153 g/mol. The van der Waals surface area contributed by atoms with Crippen molar-refractivity contribution in [3.8, 4) is 0 Å². The van der Waals surface area contributed by atoms with Crippen LogP contribution in [0.25, 0.3) is 0 Å². The number of ether oxygens (including phenoxy) is 1. The van der Waals surface area contributed by atoms with Gasteiger partial charge in [0.25, 0.3) is 5.17 Å². The second kappa shape index (κ2) is 11.5. The molecule has 0 aromatic carbocycles. The molecular formula is C3H9NNa2OS. The van der Waals surface area contributed by atoms with E-state index in [9.17, 15) is 0 Å². The zero-order valence-corrected chi connectivity index (χ0v) is 4.63. The fourth-order valence-electron chi connectivity index (χ4n) is 0.102. The van der Waals surface area contributed by atoms with Crippen LogP contribution in [-0.2, 0) is 4.74 Å². The Bertz CT molecular complexity index is 55.2. The molecule has 0 radical (unpaired) electrons. The molecule has 0 amide bonds. The van der Waals surface area contributed by atoms with Crippen molar-refractivity contribution in [2.24, 2.45) is 0 Å². The molecule has 40 valence electrons. The topological polar surface area (TPSA) is 21.3 Å². The number of hydrogen-bond donors (Lipinski definition) is 1. The summed E-state index contributed by atoms with van der Waals surface area (Å²) in [5.74, 6) is 0. The van der Waals surface area contributed by atoms with Gasteiger partial charge < -0.3 is 10.1 Å². The van der Waals surface area contributed by atoms with E-state index >= 15 is 0 Å². The number of thiocarbonyl (C=S) groups is 1. The number of nitrogens with one attached hydrogen (secondary N) is 1. The van der Waals surface area contributed by atoms with Gasteiger partial charge >= 0.3 is 59.1 Å². The summed E-state index contributed by atoms with van der Waals surface area (Å²) in [4.78, 5) is 0. The molecule has 5 heteroatoms. The quantitative estimate of drug-likeness (QED) is 0.350. The SMILES string of the molecule is CNC(=S)OC.[NaH].[NaH]. The van der Waals surface area contributed by atoms with Crippen molar-refractivity contribution in [1.29, 1.82) is 0 Å². The van der Waals surface area contributed by atoms with Crippen LogP contribution >= 0.6 is 12.2 Å². The van der Waals surface area contributed by atoms with Gasteiger partial charge in [-0.05, 0) is 12.2 Å². The molecule has 0 aliphatic rings. The van der Waals surface area contributed by atoms with E-state index in [2.05, 4.69) is 22.3 Å². The average Bonchev–Trinajstić information content (AvgIpc) is 1.65. The first-order valence-corrected chi connectivity index (χ1v) is 1.97. The molecule has 2 nitrogen and oxygen atoms in total. The first-order valence-electron chi connectivity index (χ1n) is 1.57. The fourth-order valence-corrected chi connectivity index (χ4v) is 0.102. The third-order valence-electron chi connectivity index (χ3n) is 0.390. The Labute approximate surface area is 99.3 Å². The third-order valence-corrected chi connectivity index (χ3v) is 0.760. The van der Waals surface area contributed by atoms with Gasteiger partial charge in [-0.1, -0.05) is 0 Å². The Morgan fingerprint density at radius 3 is 1.88 bits per heavy atom. The Morgan fingerprint density at radius 1 is 1.50 bits per heavy atom. The van der Waals surface area contributed by atoms with Gasteiger partial charge in [-0.2, -0.15) is 0 Å². The van der Waals surface area contributed by atoms with E-state index in [0.717, 1.165) is 0 Å². The van der Waals surface area contributed by atoms with E-state index in [0.29, 0.717) is 5.17 Å². The molecule has 0 fully saturated rings. The van der Waals surface area contributed by atoms with Gasteiger partial charge in [-0.3, -0.25) is 0 Å². The summed E-state index contributed by atoms with van der Waals surface area (Å²) in [6.07, 6.45) is 0. The van der Waals surface area contributed by atoms with Gasteiger partial charge in [-0.25, -0.2) is 0 Å². The summed E-state index contributed by atoms with van der Waals surface area (Å²) >= 11 is 4.52. The first-order chi connectivity index (χ1) is 2.81. The van der Waals surface area contributed by atoms with E-state index in [4.69, 9.17) is 0 Å². The van der Waals surface area contributed by atoms with Crippen LogP contribution in [0.15, 0.2) is 0 Å². The minimum atomic E-state index is 0. The van der Waals surface area contributed by atoms with Crippen LogP contribution in [0, 0.1) is 0 Å². The molecule has 0 heterocycles. The fraction of sp³-hybridized carbons (Fsp3) is 0.667. The molecule has 8 heavy (non-hydrogen) atoms. The zero-order valence-electron chi connectivity index (χ0n) is 3.82. The van der Waals surface area contributed by atoms with Crippen LogP contribution in [-0.4, -0.2) is 78.4 Å². The van der Waals surface area contributed by atoms with Crippen molar-refractivity contribution in [2.45, 2.75) is 0 Å². The van der Waals surface area contributed by atoms with E-state index in [1.54, 1.807) is 7.05 Å². The minimum absolute atomic E-state index is 0. The van der Waals surface area contributed by atoms with Crippen LogP contribution in [0.1, 0.15) is 0 Å². The van der Waals surface area contributed by atoms with Gasteiger partial charge in [0.2, 0.25) is 0 Å². The van der Waals surface area contributed by atoms with Crippen molar-refractivity contribution >= 4 is 76.5 Å². The summed E-state index contributed by atoms with van der Waals surface area (Å²) < 4.78 is 4.52. The molecule has 0 aliphatic heterocycles. The van der Waals surface area contributed by atoms with Crippen molar-refractivity contribution in [3.63, 3.8) is 0 Å². The van der Waals surface area contributed by atoms with E-state index in [-0.39, 0.29) is 59.1 Å². The summed E-state index contributed by atoms with van der Waals surface area (Å²) in [6, 6.07) is 0. The van der Waals surface area contributed by atoms with Crippen molar-refractivity contribution < 1.29 is 4.74 Å². The second-order valence-corrected chi connectivity index (χ2v) is 1.11. The predicted octanol–water partition coefficient (Wildman–Crippen LogP) is -1.16. The van der Waals surface area contributed by atoms with Gasteiger partial charge in [0.1, 0.15) is 0 Å². The van der Waals surface area contributed by atoms with Gasteiger partial charge in [0, 0.05) is 7.05 Å². The summed E-state index contributed by atoms with van der Waals surface area (Å²) in [7, 11) is 3.24. The molecule has 0 aromatic heterocycles. The van der Waals surface area contributed by atoms with Crippen molar-refractivity contribution in [2.75, 3.05) is 14.2 Å². The molecule has 0 rings (SSSR count). The zero-order chi connectivity index (χ0) is 4.99. The summed E-state index contributed by atoms with van der Waals surface area (Å²) in [5, 5.41) is 3.05. The number of rotatable bonds is 0. The van der Waals surface area contributed by atoms with E-state index < -0.39 is 0 Å². The Balaban J connectivity index is -0.000000125. The first kappa shape index (κ1) is 16.3. The number of hydrogen-bond acceptors (Lipinski definition) is 2. The second-order valence-electron chi connectivity index (χ2n) is 0.742. The average molecular weight is 153 g/mol. The molecule has 0 saturated carbocycles. The van der Waals surface area contributed by atoms with E-state index in [1.807, 2.05) is 0 Å².